The van der Waals surface area contributed by atoms with Crippen LogP contribution in [0.25, 0.3) is 0 Å². The van der Waals surface area contributed by atoms with Crippen LogP contribution in [-0.4, -0.2) is 24.4 Å². The first kappa shape index (κ1) is 8.75. The summed E-state index contributed by atoms with van der Waals surface area (Å²) >= 11 is 0. The number of hydrogen-bond donors (Lipinski definition) is 1. The van der Waals surface area contributed by atoms with Crippen molar-refractivity contribution in [1.82, 2.24) is 10.2 Å². The first-order chi connectivity index (χ1) is 4.72. The quantitative estimate of drug-likeness (QED) is 0.610. The lowest BCUT2D eigenvalue weighted by Gasteiger charge is -2.09. The zero-order chi connectivity index (χ0) is 7.98. The minimum atomic E-state index is -0.0325. The minimum Gasteiger partial charge on any atom is -0.383 e. The van der Waals surface area contributed by atoms with E-state index in [2.05, 4.69) is 18.5 Å². The van der Waals surface area contributed by atoms with Gasteiger partial charge in [0.15, 0.2) is 0 Å². The molecule has 3 heteroatoms. The van der Waals surface area contributed by atoms with Crippen molar-refractivity contribution in [2.45, 2.75) is 0 Å². The molecular formula is C7H12N2O. The molecule has 0 radical (unpaired) electrons. The number of likely N-dealkylation sites (N-methyl/N-ethyl adjacent to an activating group) is 1. The van der Waals surface area contributed by atoms with E-state index in [-0.39, 0.29) is 12.5 Å². The van der Waals surface area contributed by atoms with Gasteiger partial charge in [-0.2, -0.15) is 0 Å². The van der Waals surface area contributed by atoms with E-state index in [0.717, 1.165) is 0 Å². The van der Waals surface area contributed by atoms with Crippen molar-refractivity contribution >= 4 is 5.91 Å². The maximum atomic E-state index is 10.9. The van der Waals surface area contributed by atoms with E-state index in [1.54, 1.807) is 7.05 Å². The van der Waals surface area contributed by atoms with Gasteiger partial charge >= 0.3 is 0 Å². The molecular weight excluding hydrogens is 128 g/mol. The summed E-state index contributed by atoms with van der Waals surface area (Å²) in [7, 11) is 1.65. The van der Waals surface area contributed by atoms with Gasteiger partial charge in [-0.05, 0) is 12.4 Å². The first-order valence-electron chi connectivity index (χ1n) is 2.95. The maximum Gasteiger partial charge on any atom is 0.245 e. The minimum absolute atomic E-state index is 0.0325. The Balaban J connectivity index is 3.61. The summed E-state index contributed by atoms with van der Waals surface area (Å²) in [5.74, 6) is -0.0325. The molecule has 0 fully saturated rings. The highest BCUT2D eigenvalue weighted by molar-refractivity contribution is 5.78. The van der Waals surface area contributed by atoms with Crippen LogP contribution in [0.15, 0.2) is 25.6 Å². The highest BCUT2D eigenvalue weighted by Gasteiger charge is 2.01. The van der Waals surface area contributed by atoms with Gasteiger partial charge in [0.05, 0.1) is 6.54 Å². The summed E-state index contributed by atoms with van der Waals surface area (Å²) in [6.45, 7) is 7.12. The molecule has 0 spiro atoms. The van der Waals surface area contributed by atoms with Crippen LogP contribution < -0.4 is 5.32 Å². The Morgan fingerprint density at radius 2 is 2.30 bits per heavy atom. The van der Waals surface area contributed by atoms with Gasteiger partial charge in [-0.1, -0.05) is 13.2 Å². The Kier molecular flexibility index (Phi) is 4.04. The van der Waals surface area contributed by atoms with E-state index in [4.69, 9.17) is 0 Å². The van der Waals surface area contributed by atoms with Crippen molar-refractivity contribution in [2.24, 2.45) is 0 Å². The molecule has 0 aromatic carbocycles. The van der Waals surface area contributed by atoms with Crippen LogP contribution >= 0.6 is 0 Å². The molecule has 0 saturated heterocycles. The molecule has 0 atom stereocenters. The molecule has 10 heavy (non-hydrogen) atoms. The maximum absolute atomic E-state index is 10.9. The Labute approximate surface area is 61.0 Å². The number of rotatable bonds is 4. The number of nitrogens with one attached hydrogen (secondary N) is 1. The molecule has 1 N–H and O–H groups in total. The third-order valence-corrected chi connectivity index (χ3v) is 1.06. The van der Waals surface area contributed by atoms with Gasteiger partial charge in [0.25, 0.3) is 0 Å². The van der Waals surface area contributed by atoms with Crippen molar-refractivity contribution in [3.05, 3.63) is 25.6 Å². The normalized spacial score (nSPS) is 8.10. The van der Waals surface area contributed by atoms with Gasteiger partial charge in [0.1, 0.15) is 0 Å². The molecule has 0 heterocycles. The van der Waals surface area contributed by atoms with Gasteiger partial charge in [-0.25, -0.2) is 0 Å². The van der Waals surface area contributed by atoms with Gasteiger partial charge in [0, 0.05) is 7.05 Å². The number of hydrogen-bond acceptors (Lipinski definition) is 2. The average Bonchev–Trinajstić information content (AvgIpc) is 1.98. The zero-order valence-corrected chi connectivity index (χ0v) is 6.13. The van der Waals surface area contributed by atoms with Crippen molar-refractivity contribution < 1.29 is 4.79 Å². The molecule has 0 aromatic rings. The van der Waals surface area contributed by atoms with Crippen LogP contribution in [0.3, 0.4) is 0 Å². The molecule has 0 unspecified atom stereocenters. The molecule has 0 aliphatic carbocycles. The fourth-order valence-corrected chi connectivity index (χ4v) is 0.386. The van der Waals surface area contributed by atoms with E-state index in [1.807, 2.05) is 0 Å². The summed E-state index contributed by atoms with van der Waals surface area (Å²) in [5, 5.41) is 2.69. The number of amides is 1. The van der Waals surface area contributed by atoms with Gasteiger partial charge in [-0.3, -0.25) is 4.79 Å². The third-order valence-electron chi connectivity index (χ3n) is 1.06. The molecule has 0 aliphatic rings. The van der Waals surface area contributed by atoms with Crippen molar-refractivity contribution in [2.75, 3.05) is 13.6 Å². The molecule has 0 bridgehead atoms. The lowest BCUT2D eigenvalue weighted by molar-refractivity contribution is -0.126. The van der Waals surface area contributed by atoms with E-state index in [9.17, 15) is 4.79 Å². The Bertz CT molecular complexity index is 143. The number of carbonyl (C=O) groups excluding carboxylic acids is 1. The Hall–Kier alpha value is -1.25. The second-order valence-electron chi connectivity index (χ2n) is 1.77. The first-order valence-corrected chi connectivity index (χ1v) is 2.95. The predicted molar refractivity (Wildman–Crippen MR) is 41.2 cm³/mol. The van der Waals surface area contributed by atoms with E-state index < -0.39 is 0 Å². The van der Waals surface area contributed by atoms with Crippen LogP contribution in [0.4, 0.5) is 0 Å². The Morgan fingerprint density at radius 1 is 1.70 bits per heavy atom. The van der Waals surface area contributed by atoms with Crippen molar-refractivity contribution in [3.63, 3.8) is 0 Å². The monoisotopic (exact) mass is 140 g/mol. The van der Waals surface area contributed by atoms with Crippen LogP contribution in [0, 0.1) is 0 Å². The lowest BCUT2D eigenvalue weighted by Crippen LogP contribution is -2.29. The highest BCUT2D eigenvalue weighted by Crippen LogP contribution is 1.81. The number of carbonyl (C=O) groups is 1. The number of nitrogens with zero attached hydrogens (tertiary/aromatic N) is 1. The van der Waals surface area contributed by atoms with Crippen molar-refractivity contribution in [3.8, 4) is 0 Å². The molecule has 3 nitrogen and oxygen atoms in total. The van der Waals surface area contributed by atoms with Gasteiger partial charge < -0.3 is 10.2 Å². The second-order valence-corrected chi connectivity index (χ2v) is 1.77. The largest absolute Gasteiger partial charge is 0.383 e. The van der Waals surface area contributed by atoms with Crippen LogP contribution in [0.2, 0.25) is 0 Å². The van der Waals surface area contributed by atoms with Crippen molar-refractivity contribution in [1.29, 1.82) is 0 Å². The van der Waals surface area contributed by atoms with E-state index in [1.165, 1.54) is 17.3 Å². The second kappa shape index (κ2) is 4.61. The zero-order valence-electron chi connectivity index (χ0n) is 6.13. The summed E-state index contributed by atoms with van der Waals surface area (Å²) in [4.78, 5) is 12.3. The molecule has 56 valence electrons. The van der Waals surface area contributed by atoms with Gasteiger partial charge in [0.2, 0.25) is 5.91 Å². The fourth-order valence-electron chi connectivity index (χ4n) is 0.386. The fraction of sp³-hybridized carbons (Fsp3) is 0.286. The third kappa shape index (κ3) is 2.91. The Morgan fingerprint density at radius 3 is 2.70 bits per heavy atom. The van der Waals surface area contributed by atoms with Crippen LogP contribution in [-0.2, 0) is 4.79 Å². The summed E-state index contributed by atoms with van der Waals surface area (Å²) < 4.78 is 0. The topological polar surface area (TPSA) is 32.3 Å². The van der Waals surface area contributed by atoms with E-state index >= 15 is 0 Å². The lowest BCUT2D eigenvalue weighted by atomic mass is 10.5. The van der Waals surface area contributed by atoms with Crippen LogP contribution in [0.5, 0.6) is 0 Å². The molecule has 0 rings (SSSR count). The predicted octanol–water partition coefficient (Wildman–Crippen LogP) is 0.321. The molecule has 0 saturated carbocycles. The van der Waals surface area contributed by atoms with Gasteiger partial charge in [-0.15, -0.1) is 0 Å². The van der Waals surface area contributed by atoms with E-state index in [0.29, 0.717) is 0 Å². The molecule has 0 aliphatic heterocycles. The SMILES string of the molecule is C=CNCC(=O)N(C)C=C. The summed E-state index contributed by atoms with van der Waals surface area (Å²) in [6.07, 6.45) is 2.95. The highest BCUT2D eigenvalue weighted by atomic mass is 16.2. The molecule has 1 amide bonds. The smallest absolute Gasteiger partial charge is 0.245 e. The summed E-state index contributed by atoms with van der Waals surface area (Å²) in [6, 6.07) is 0. The average molecular weight is 140 g/mol. The molecule has 0 aromatic heterocycles. The summed E-state index contributed by atoms with van der Waals surface area (Å²) in [5.41, 5.74) is 0. The standard InChI is InChI=1S/C7H12N2O/c1-4-8-6-7(10)9(3)5-2/h4-5,8H,1-2,6H2,3H3. The van der Waals surface area contributed by atoms with Crippen LogP contribution in [0.1, 0.15) is 0 Å².